The van der Waals surface area contributed by atoms with E-state index in [1.54, 1.807) is 6.92 Å². The van der Waals surface area contributed by atoms with Crippen LogP contribution in [0.25, 0.3) is 0 Å². The zero-order valence-corrected chi connectivity index (χ0v) is 19.3. The van der Waals surface area contributed by atoms with Crippen LogP contribution in [0.15, 0.2) is 53.1 Å². The average Bonchev–Trinajstić information content (AvgIpc) is 3.21. The first-order chi connectivity index (χ1) is 15.0. The Morgan fingerprint density at radius 3 is 2.59 bits per heavy atom. The molecule has 3 fully saturated rings. The van der Waals surface area contributed by atoms with Gasteiger partial charge in [0.2, 0.25) is 15.9 Å². The van der Waals surface area contributed by atoms with Crippen molar-refractivity contribution < 1.29 is 17.9 Å². The van der Waals surface area contributed by atoms with Gasteiger partial charge in [-0.1, -0.05) is 44.2 Å². The Labute approximate surface area is 188 Å². The molecule has 7 nitrogen and oxygen atoms in total. The van der Waals surface area contributed by atoms with E-state index < -0.39 is 27.3 Å². The SMILES string of the molecule is CC1=C(C(=O)N2[C@@H]3C[C@H]4CCC3(CS2(=O)=O)C4(C)C)C(c2ccccc2)C(C#N)=C(N)O1. The second-order valence-electron chi connectivity index (χ2n) is 10.0. The molecule has 2 heterocycles. The summed E-state index contributed by atoms with van der Waals surface area (Å²) in [5.41, 5.74) is 6.41. The van der Waals surface area contributed by atoms with Crippen LogP contribution < -0.4 is 5.73 Å². The lowest BCUT2D eigenvalue weighted by Crippen LogP contribution is -2.45. The van der Waals surface area contributed by atoms with Gasteiger partial charge in [0.05, 0.1) is 23.3 Å². The molecule has 2 saturated carbocycles. The summed E-state index contributed by atoms with van der Waals surface area (Å²) in [6, 6.07) is 10.8. The molecule has 2 aliphatic carbocycles. The number of hydrogen-bond donors (Lipinski definition) is 1. The molecular formula is C24H27N3O4S. The van der Waals surface area contributed by atoms with Crippen LogP contribution in [0.4, 0.5) is 0 Å². The standard InChI is InChI=1S/C24H27N3O4S/c1-14-19(20(15-7-5-4-6-8-15)17(12-25)21(26)31-14)22(28)27-18-11-16-9-10-24(18,23(16,2)3)13-32(27,29)30/h4-8,16,18,20H,9-11,13,26H2,1-3H3/t16-,18-,20?,24?/m1/s1. The molecule has 1 amide bonds. The molecule has 1 saturated heterocycles. The minimum absolute atomic E-state index is 0.00776. The second kappa shape index (κ2) is 6.61. The quantitative estimate of drug-likeness (QED) is 0.736. The van der Waals surface area contributed by atoms with Gasteiger partial charge in [-0.05, 0) is 43.1 Å². The maximum atomic E-state index is 14.0. The number of nitriles is 1. The van der Waals surface area contributed by atoms with Gasteiger partial charge in [-0.3, -0.25) is 4.79 Å². The van der Waals surface area contributed by atoms with Gasteiger partial charge in [0.1, 0.15) is 17.4 Å². The molecule has 0 aromatic heterocycles. The van der Waals surface area contributed by atoms with Crippen molar-refractivity contribution in [2.24, 2.45) is 22.5 Å². The molecule has 32 heavy (non-hydrogen) atoms. The number of carbonyl (C=O) groups is 1. The van der Waals surface area contributed by atoms with Crippen LogP contribution in [0.5, 0.6) is 0 Å². The number of nitrogens with zero attached hydrogens (tertiary/aromatic N) is 2. The Morgan fingerprint density at radius 2 is 1.97 bits per heavy atom. The van der Waals surface area contributed by atoms with Crippen molar-refractivity contribution >= 4 is 15.9 Å². The highest BCUT2D eigenvalue weighted by molar-refractivity contribution is 7.90. The third-order valence-electron chi connectivity index (χ3n) is 8.58. The molecule has 8 heteroatoms. The van der Waals surface area contributed by atoms with Crippen molar-refractivity contribution in [2.75, 3.05) is 5.75 Å². The Bertz CT molecular complexity index is 1230. The fraction of sp³-hybridized carbons (Fsp3) is 0.500. The van der Waals surface area contributed by atoms with E-state index >= 15 is 0 Å². The number of benzene rings is 1. The number of amides is 1. The molecule has 5 rings (SSSR count). The molecule has 4 aliphatic rings. The number of rotatable bonds is 2. The van der Waals surface area contributed by atoms with Crippen molar-refractivity contribution in [3.05, 3.63) is 58.7 Å². The molecule has 2 N–H and O–H groups in total. The summed E-state index contributed by atoms with van der Waals surface area (Å²) < 4.78 is 33.6. The van der Waals surface area contributed by atoms with E-state index in [0.717, 1.165) is 17.1 Å². The molecule has 1 spiro atoms. The Kier molecular flexibility index (Phi) is 4.35. The van der Waals surface area contributed by atoms with E-state index in [9.17, 15) is 18.5 Å². The summed E-state index contributed by atoms with van der Waals surface area (Å²) in [4.78, 5) is 14.0. The van der Waals surface area contributed by atoms with E-state index in [2.05, 4.69) is 19.9 Å². The van der Waals surface area contributed by atoms with Gasteiger partial charge in [0, 0.05) is 5.41 Å². The molecule has 168 valence electrons. The number of ether oxygens (including phenoxy) is 1. The van der Waals surface area contributed by atoms with E-state index in [4.69, 9.17) is 10.5 Å². The molecule has 1 aromatic carbocycles. The fourth-order valence-electron chi connectivity index (χ4n) is 6.81. The molecular weight excluding hydrogens is 426 g/mol. The minimum Gasteiger partial charge on any atom is -0.445 e. The van der Waals surface area contributed by atoms with Crippen LogP contribution in [-0.2, 0) is 19.6 Å². The monoisotopic (exact) mass is 453 g/mol. The van der Waals surface area contributed by atoms with Crippen molar-refractivity contribution in [2.45, 2.75) is 52.0 Å². The van der Waals surface area contributed by atoms with E-state index in [0.29, 0.717) is 17.9 Å². The average molecular weight is 454 g/mol. The van der Waals surface area contributed by atoms with Gasteiger partial charge in [-0.2, -0.15) is 5.26 Å². The number of hydrogen-bond acceptors (Lipinski definition) is 6. The highest BCUT2D eigenvalue weighted by Crippen LogP contribution is 2.70. The first kappa shape index (κ1) is 21.1. The third-order valence-corrected chi connectivity index (χ3v) is 10.5. The maximum absolute atomic E-state index is 14.0. The highest BCUT2D eigenvalue weighted by atomic mass is 32.2. The first-order valence-corrected chi connectivity index (χ1v) is 12.6. The van der Waals surface area contributed by atoms with E-state index in [-0.39, 0.29) is 40.0 Å². The minimum atomic E-state index is -3.81. The number of nitrogens with two attached hydrogens (primary N) is 1. The summed E-state index contributed by atoms with van der Waals surface area (Å²) in [6.45, 7) is 5.90. The predicted octanol–water partition coefficient (Wildman–Crippen LogP) is 3.14. The fourth-order valence-corrected chi connectivity index (χ4v) is 9.34. The summed E-state index contributed by atoms with van der Waals surface area (Å²) in [7, 11) is -3.81. The highest BCUT2D eigenvalue weighted by Gasteiger charge is 2.72. The van der Waals surface area contributed by atoms with Crippen molar-refractivity contribution in [3.8, 4) is 6.07 Å². The largest absolute Gasteiger partial charge is 0.445 e. The smallest absolute Gasteiger partial charge is 0.267 e. The van der Waals surface area contributed by atoms with Gasteiger partial charge < -0.3 is 10.5 Å². The zero-order chi connectivity index (χ0) is 23.1. The summed E-state index contributed by atoms with van der Waals surface area (Å²) in [6.07, 6.45) is 2.49. The van der Waals surface area contributed by atoms with Crippen LogP contribution in [0.1, 0.15) is 51.5 Å². The lowest BCUT2D eigenvalue weighted by Gasteiger charge is -2.37. The summed E-state index contributed by atoms with van der Waals surface area (Å²) in [5.74, 6) is -0.809. The Hall–Kier alpha value is -2.79. The number of fused-ring (bicyclic) bond motifs is 1. The molecule has 2 aliphatic heterocycles. The van der Waals surface area contributed by atoms with E-state index in [1.807, 2.05) is 30.3 Å². The number of sulfonamides is 1. The van der Waals surface area contributed by atoms with E-state index in [1.165, 1.54) is 0 Å². The zero-order valence-electron chi connectivity index (χ0n) is 18.5. The van der Waals surface area contributed by atoms with Crippen molar-refractivity contribution in [3.63, 3.8) is 0 Å². The molecule has 1 aromatic rings. The first-order valence-electron chi connectivity index (χ1n) is 10.9. The third kappa shape index (κ3) is 2.52. The second-order valence-corrected chi connectivity index (χ2v) is 11.9. The Morgan fingerprint density at radius 1 is 1.28 bits per heavy atom. The topological polar surface area (TPSA) is 113 Å². The molecule has 2 bridgehead atoms. The van der Waals surface area contributed by atoms with Gasteiger partial charge >= 0.3 is 0 Å². The van der Waals surface area contributed by atoms with Crippen LogP contribution >= 0.6 is 0 Å². The molecule has 2 unspecified atom stereocenters. The van der Waals surface area contributed by atoms with Crippen LogP contribution in [0.3, 0.4) is 0 Å². The number of allylic oxidation sites excluding steroid dienone is 2. The van der Waals surface area contributed by atoms with Crippen LogP contribution in [0.2, 0.25) is 0 Å². The Balaban J connectivity index is 1.64. The van der Waals surface area contributed by atoms with Gasteiger partial charge in [-0.25, -0.2) is 12.7 Å². The lowest BCUT2D eigenvalue weighted by molar-refractivity contribution is -0.125. The lowest BCUT2D eigenvalue weighted by atomic mass is 9.69. The van der Waals surface area contributed by atoms with Crippen LogP contribution in [0, 0.1) is 28.1 Å². The normalized spacial score (nSPS) is 34.3. The molecule has 4 atom stereocenters. The van der Waals surface area contributed by atoms with Gasteiger partial charge in [-0.15, -0.1) is 0 Å². The van der Waals surface area contributed by atoms with Crippen molar-refractivity contribution in [1.82, 2.24) is 4.31 Å². The van der Waals surface area contributed by atoms with Crippen molar-refractivity contribution in [1.29, 1.82) is 5.26 Å². The predicted molar refractivity (Wildman–Crippen MR) is 118 cm³/mol. The summed E-state index contributed by atoms with van der Waals surface area (Å²) in [5, 5.41) is 9.82. The summed E-state index contributed by atoms with van der Waals surface area (Å²) >= 11 is 0. The van der Waals surface area contributed by atoms with Gasteiger partial charge in [0.25, 0.3) is 5.91 Å². The maximum Gasteiger partial charge on any atom is 0.267 e. The number of carbonyl (C=O) groups excluding carboxylic acids is 1. The van der Waals surface area contributed by atoms with Gasteiger partial charge in [0.15, 0.2) is 0 Å². The van der Waals surface area contributed by atoms with Crippen LogP contribution in [-0.4, -0.2) is 30.4 Å². The molecule has 0 radical (unpaired) electrons.